The van der Waals surface area contributed by atoms with Crippen LogP contribution in [0, 0.1) is 0 Å². The summed E-state index contributed by atoms with van der Waals surface area (Å²) in [7, 11) is 0.958. The molecule has 6 heteroatoms. The summed E-state index contributed by atoms with van der Waals surface area (Å²) in [5.41, 5.74) is 6.42. The first-order chi connectivity index (χ1) is 7.93. The fourth-order valence-corrected chi connectivity index (χ4v) is 2.47. The average molecular weight is 258 g/mol. The fraction of sp³-hybridized carbons (Fsp3) is 0.455. The van der Waals surface area contributed by atoms with E-state index in [0.29, 0.717) is 18.7 Å². The molecule has 0 radical (unpaired) electrons. The molecule has 1 rings (SSSR count). The SMILES string of the molecule is COc1cc(CCN)ccc1S(=O)(=O)N(C)C. The van der Waals surface area contributed by atoms with Crippen molar-refractivity contribution in [3.63, 3.8) is 0 Å². The lowest BCUT2D eigenvalue weighted by Crippen LogP contribution is -2.22. The van der Waals surface area contributed by atoms with Gasteiger partial charge in [0.25, 0.3) is 0 Å². The smallest absolute Gasteiger partial charge is 0.246 e. The van der Waals surface area contributed by atoms with Gasteiger partial charge in [0.1, 0.15) is 10.6 Å². The summed E-state index contributed by atoms with van der Waals surface area (Å²) in [6.45, 7) is 0.517. The highest BCUT2D eigenvalue weighted by molar-refractivity contribution is 7.89. The highest BCUT2D eigenvalue weighted by atomic mass is 32.2. The molecule has 2 N–H and O–H groups in total. The second-order valence-corrected chi connectivity index (χ2v) is 5.93. The molecule has 0 spiro atoms. The largest absolute Gasteiger partial charge is 0.495 e. The molecule has 1 aromatic rings. The van der Waals surface area contributed by atoms with E-state index in [1.807, 2.05) is 0 Å². The van der Waals surface area contributed by atoms with Crippen LogP contribution in [0.5, 0.6) is 5.75 Å². The van der Waals surface area contributed by atoms with Crippen molar-refractivity contribution in [2.24, 2.45) is 5.73 Å². The normalized spacial score (nSPS) is 11.8. The van der Waals surface area contributed by atoms with Gasteiger partial charge in [-0.1, -0.05) is 6.07 Å². The Kier molecular flexibility index (Phi) is 4.50. The number of hydrogen-bond acceptors (Lipinski definition) is 4. The maximum atomic E-state index is 12.0. The van der Waals surface area contributed by atoms with Gasteiger partial charge in [-0.25, -0.2) is 12.7 Å². The highest BCUT2D eigenvalue weighted by Gasteiger charge is 2.21. The van der Waals surface area contributed by atoms with Crippen LogP contribution in [0.15, 0.2) is 23.1 Å². The molecule has 96 valence electrons. The van der Waals surface area contributed by atoms with Crippen molar-refractivity contribution >= 4 is 10.0 Å². The number of hydrogen-bond donors (Lipinski definition) is 1. The molecule has 0 unspecified atom stereocenters. The van der Waals surface area contributed by atoms with Crippen LogP contribution in [-0.4, -0.2) is 40.5 Å². The summed E-state index contributed by atoms with van der Waals surface area (Å²) in [4.78, 5) is 0.172. The molecule has 0 heterocycles. The molecule has 0 amide bonds. The average Bonchev–Trinajstić information content (AvgIpc) is 2.28. The van der Waals surface area contributed by atoms with Crippen molar-refractivity contribution in [1.82, 2.24) is 4.31 Å². The van der Waals surface area contributed by atoms with Gasteiger partial charge in [-0.05, 0) is 30.7 Å². The molecule has 0 aliphatic carbocycles. The minimum atomic E-state index is -3.47. The van der Waals surface area contributed by atoms with Gasteiger partial charge in [-0.3, -0.25) is 0 Å². The number of benzene rings is 1. The monoisotopic (exact) mass is 258 g/mol. The zero-order valence-electron chi connectivity index (χ0n) is 10.3. The first kappa shape index (κ1) is 14.0. The molecule has 0 atom stereocenters. The molecule has 0 fully saturated rings. The van der Waals surface area contributed by atoms with Gasteiger partial charge in [0.2, 0.25) is 10.0 Å². The molecule has 0 saturated heterocycles. The number of sulfonamides is 1. The lowest BCUT2D eigenvalue weighted by atomic mass is 10.1. The summed E-state index contributed by atoms with van der Waals surface area (Å²) >= 11 is 0. The van der Waals surface area contributed by atoms with Gasteiger partial charge in [0, 0.05) is 14.1 Å². The minimum Gasteiger partial charge on any atom is -0.495 e. The molecule has 0 aromatic heterocycles. The Morgan fingerprint density at radius 1 is 1.35 bits per heavy atom. The summed E-state index contributed by atoms with van der Waals surface area (Å²) in [6, 6.07) is 5.02. The second kappa shape index (κ2) is 5.48. The van der Waals surface area contributed by atoms with E-state index in [0.717, 1.165) is 9.87 Å². The standard InChI is InChI=1S/C11H18N2O3S/c1-13(2)17(14,15)11-5-4-9(6-7-12)8-10(11)16-3/h4-5,8H,6-7,12H2,1-3H3. The van der Waals surface area contributed by atoms with Crippen LogP contribution >= 0.6 is 0 Å². The Labute approximate surface area is 102 Å². The Morgan fingerprint density at radius 2 is 2.00 bits per heavy atom. The van der Waals surface area contributed by atoms with Crippen molar-refractivity contribution in [3.05, 3.63) is 23.8 Å². The Balaban J connectivity index is 3.27. The van der Waals surface area contributed by atoms with Crippen LogP contribution < -0.4 is 10.5 Å². The third kappa shape index (κ3) is 2.96. The second-order valence-electron chi connectivity index (χ2n) is 3.81. The van der Waals surface area contributed by atoms with Crippen molar-refractivity contribution in [3.8, 4) is 5.75 Å². The van der Waals surface area contributed by atoms with E-state index in [1.165, 1.54) is 21.2 Å². The highest BCUT2D eigenvalue weighted by Crippen LogP contribution is 2.26. The zero-order chi connectivity index (χ0) is 13.1. The van der Waals surface area contributed by atoms with Gasteiger partial charge in [-0.15, -0.1) is 0 Å². The first-order valence-electron chi connectivity index (χ1n) is 5.23. The Bertz CT molecular complexity index is 483. The third-order valence-corrected chi connectivity index (χ3v) is 4.27. The van der Waals surface area contributed by atoms with Crippen LogP contribution in [0.2, 0.25) is 0 Å². The molecule has 17 heavy (non-hydrogen) atoms. The molecule has 0 saturated carbocycles. The zero-order valence-corrected chi connectivity index (χ0v) is 11.1. The maximum absolute atomic E-state index is 12.0. The number of rotatable bonds is 5. The first-order valence-corrected chi connectivity index (χ1v) is 6.67. The maximum Gasteiger partial charge on any atom is 0.246 e. The molecular formula is C11H18N2O3S. The van der Waals surface area contributed by atoms with Crippen molar-refractivity contribution in [1.29, 1.82) is 0 Å². The van der Waals surface area contributed by atoms with Gasteiger partial charge < -0.3 is 10.5 Å². The minimum absolute atomic E-state index is 0.172. The molecule has 1 aromatic carbocycles. The van der Waals surface area contributed by atoms with Gasteiger partial charge in [0.05, 0.1) is 7.11 Å². The van der Waals surface area contributed by atoms with Crippen LogP contribution in [0.25, 0.3) is 0 Å². The molecule has 0 bridgehead atoms. The van der Waals surface area contributed by atoms with Crippen molar-refractivity contribution in [2.45, 2.75) is 11.3 Å². The van der Waals surface area contributed by atoms with Crippen LogP contribution in [-0.2, 0) is 16.4 Å². The number of methoxy groups -OCH3 is 1. The van der Waals surface area contributed by atoms with Gasteiger partial charge >= 0.3 is 0 Å². The van der Waals surface area contributed by atoms with Crippen LogP contribution in [0.1, 0.15) is 5.56 Å². The Hall–Kier alpha value is -1.11. The predicted molar refractivity (Wildman–Crippen MR) is 66.6 cm³/mol. The van der Waals surface area contributed by atoms with E-state index in [1.54, 1.807) is 18.2 Å². The quantitative estimate of drug-likeness (QED) is 0.832. The van der Waals surface area contributed by atoms with E-state index in [4.69, 9.17) is 10.5 Å². The van der Waals surface area contributed by atoms with Crippen LogP contribution in [0.3, 0.4) is 0 Å². The molecule has 0 aliphatic rings. The van der Waals surface area contributed by atoms with E-state index in [-0.39, 0.29) is 4.90 Å². The number of ether oxygens (including phenoxy) is 1. The summed E-state index contributed by atoms with van der Waals surface area (Å²) in [5.74, 6) is 0.352. The number of nitrogens with two attached hydrogens (primary N) is 1. The van der Waals surface area contributed by atoms with Crippen molar-refractivity contribution in [2.75, 3.05) is 27.7 Å². The van der Waals surface area contributed by atoms with E-state index >= 15 is 0 Å². The van der Waals surface area contributed by atoms with E-state index < -0.39 is 10.0 Å². The topological polar surface area (TPSA) is 72.6 Å². The molecular weight excluding hydrogens is 240 g/mol. The number of nitrogens with zero attached hydrogens (tertiary/aromatic N) is 1. The van der Waals surface area contributed by atoms with Crippen molar-refractivity contribution < 1.29 is 13.2 Å². The summed E-state index contributed by atoms with van der Waals surface area (Å²) < 4.78 is 30.3. The Morgan fingerprint density at radius 3 is 2.47 bits per heavy atom. The third-order valence-electron chi connectivity index (χ3n) is 2.42. The molecule has 0 aliphatic heterocycles. The lowest BCUT2D eigenvalue weighted by molar-refractivity contribution is 0.399. The van der Waals surface area contributed by atoms with Crippen LogP contribution in [0.4, 0.5) is 0 Å². The van der Waals surface area contributed by atoms with E-state index in [9.17, 15) is 8.42 Å². The lowest BCUT2D eigenvalue weighted by Gasteiger charge is -2.15. The van der Waals surface area contributed by atoms with E-state index in [2.05, 4.69) is 0 Å². The summed E-state index contributed by atoms with van der Waals surface area (Å²) in [6.07, 6.45) is 0.693. The van der Waals surface area contributed by atoms with Gasteiger partial charge in [-0.2, -0.15) is 0 Å². The fourth-order valence-electron chi connectivity index (χ4n) is 1.44. The summed E-state index contributed by atoms with van der Waals surface area (Å²) in [5, 5.41) is 0. The van der Waals surface area contributed by atoms with Gasteiger partial charge in [0.15, 0.2) is 0 Å². The molecule has 5 nitrogen and oxygen atoms in total. The predicted octanol–water partition coefficient (Wildman–Crippen LogP) is 0.447.